The van der Waals surface area contributed by atoms with Crippen LogP contribution in [0.15, 0.2) is 10.5 Å². The number of ether oxygens (including phenoxy) is 1. The highest BCUT2D eigenvalue weighted by Crippen LogP contribution is 2.16. The summed E-state index contributed by atoms with van der Waals surface area (Å²) in [5, 5.41) is 12.1. The Balaban J connectivity index is 1.72. The lowest BCUT2D eigenvalue weighted by molar-refractivity contribution is 0.0659. The number of aromatic carboxylic acids is 1. The number of carboxylic acid groups (broad SMARTS) is 1. The molecule has 5 heteroatoms. The van der Waals surface area contributed by atoms with Crippen LogP contribution in [0.25, 0.3) is 0 Å². The van der Waals surface area contributed by atoms with Crippen LogP contribution in [0.5, 0.6) is 0 Å². The Morgan fingerprint density at radius 3 is 3.06 bits per heavy atom. The predicted octanol–water partition coefficient (Wildman–Crippen LogP) is 1.94. The van der Waals surface area contributed by atoms with Gasteiger partial charge in [-0.3, -0.25) is 0 Å². The molecule has 0 aromatic carbocycles. The van der Waals surface area contributed by atoms with E-state index in [4.69, 9.17) is 14.3 Å². The van der Waals surface area contributed by atoms with Crippen LogP contribution in [-0.4, -0.2) is 30.3 Å². The van der Waals surface area contributed by atoms with Crippen molar-refractivity contribution in [2.24, 2.45) is 0 Å². The van der Waals surface area contributed by atoms with Crippen LogP contribution in [0, 0.1) is 6.92 Å². The second-order valence-electron chi connectivity index (χ2n) is 4.63. The third-order valence-electron chi connectivity index (χ3n) is 3.13. The van der Waals surface area contributed by atoms with Gasteiger partial charge in [0.15, 0.2) is 0 Å². The minimum atomic E-state index is -1.02. The first kappa shape index (κ1) is 13.1. The van der Waals surface area contributed by atoms with Gasteiger partial charge in [-0.25, -0.2) is 4.79 Å². The summed E-state index contributed by atoms with van der Waals surface area (Å²) in [6.07, 6.45) is 3.67. The standard InChI is InChI=1S/C13H19NO4/c1-9-7-11(18-12(9)13(15)16)8-14-5-4-10-3-2-6-17-10/h7,10,14H,2-6,8H2,1H3,(H,15,16). The lowest BCUT2D eigenvalue weighted by atomic mass is 10.2. The Hall–Kier alpha value is -1.33. The van der Waals surface area contributed by atoms with Crippen LogP contribution >= 0.6 is 0 Å². The van der Waals surface area contributed by atoms with E-state index < -0.39 is 5.97 Å². The van der Waals surface area contributed by atoms with Crippen molar-refractivity contribution in [3.63, 3.8) is 0 Å². The lowest BCUT2D eigenvalue weighted by Gasteiger charge is -2.08. The molecule has 1 atom stereocenters. The SMILES string of the molecule is Cc1cc(CNCCC2CCCO2)oc1C(=O)O. The molecule has 1 unspecified atom stereocenters. The van der Waals surface area contributed by atoms with Crippen molar-refractivity contribution < 1.29 is 19.1 Å². The number of carbonyl (C=O) groups is 1. The summed E-state index contributed by atoms with van der Waals surface area (Å²) < 4.78 is 10.8. The largest absolute Gasteiger partial charge is 0.475 e. The van der Waals surface area contributed by atoms with Gasteiger partial charge in [0.05, 0.1) is 12.6 Å². The molecule has 1 aliphatic heterocycles. The Morgan fingerprint density at radius 2 is 2.44 bits per heavy atom. The highest BCUT2D eigenvalue weighted by atomic mass is 16.5. The normalized spacial score (nSPS) is 19.3. The summed E-state index contributed by atoms with van der Waals surface area (Å²) in [4.78, 5) is 10.8. The van der Waals surface area contributed by atoms with E-state index in [0.29, 0.717) is 24.0 Å². The highest BCUT2D eigenvalue weighted by molar-refractivity contribution is 5.86. The number of carboxylic acids is 1. The van der Waals surface area contributed by atoms with Gasteiger partial charge in [0, 0.05) is 12.2 Å². The second kappa shape index (κ2) is 6.02. The summed E-state index contributed by atoms with van der Waals surface area (Å²) in [7, 11) is 0. The van der Waals surface area contributed by atoms with Crippen LogP contribution in [-0.2, 0) is 11.3 Å². The molecule has 2 heterocycles. The van der Waals surface area contributed by atoms with E-state index in [0.717, 1.165) is 32.4 Å². The first-order chi connectivity index (χ1) is 8.66. The van der Waals surface area contributed by atoms with Crippen molar-refractivity contribution in [3.8, 4) is 0 Å². The fraction of sp³-hybridized carbons (Fsp3) is 0.615. The number of hydrogen-bond donors (Lipinski definition) is 2. The molecule has 0 radical (unpaired) electrons. The molecule has 1 aliphatic rings. The van der Waals surface area contributed by atoms with Gasteiger partial charge >= 0.3 is 5.97 Å². The predicted molar refractivity (Wildman–Crippen MR) is 65.7 cm³/mol. The molecule has 0 bridgehead atoms. The van der Waals surface area contributed by atoms with Crippen molar-refractivity contribution in [1.29, 1.82) is 0 Å². The summed E-state index contributed by atoms with van der Waals surface area (Å²) in [6.45, 7) is 4.03. The molecule has 0 spiro atoms. The van der Waals surface area contributed by atoms with Crippen molar-refractivity contribution in [2.75, 3.05) is 13.2 Å². The first-order valence-electron chi connectivity index (χ1n) is 6.31. The molecule has 5 nitrogen and oxygen atoms in total. The van der Waals surface area contributed by atoms with Crippen molar-refractivity contribution >= 4 is 5.97 Å². The van der Waals surface area contributed by atoms with Crippen LogP contribution in [0.1, 0.15) is 41.1 Å². The molecule has 100 valence electrons. The fourth-order valence-corrected chi connectivity index (χ4v) is 2.19. The smallest absolute Gasteiger partial charge is 0.372 e. The van der Waals surface area contributed by atoms with Gasteiger partial charge in [-0.05, 0) is 38.8 Å². The Kier molecular flexibility index (Phi) is 4.38. The average Bonchev–Trinajstić information content (AvgIpc) is 2.94. The second-order valence-corrected chi connectivity index (χ2v) is 4.63. The van der Waals surface area contributed by atoms with Crippen molar-refractivity contribution in [1.82, 2.24) is 5.32 Å². The molecule has 0 amide bonds. The summed E-state index contributed by atoms with van der Waals surface area (Å²) in [6, 6.07) is 1.77. The molecule has 2 rings (SSSR count). The zero-order chi connectivity index (χ0) is 13.0. The number of nitrogens with one attached hydrogen (secondary N) is 1. The van der Waals surface area contributed by atoms with Gasteiger partial charge in [-0.15, -0.1) is 0 Å². The zero-order valence-electron chi connectivity index (χ0n) is 10.6. The van der Waals surface area contributed by atoms with E-state index in [-0.39, 0.29) is 5.76 Å². The van der Waals surface area contributed by atoms with Crippen LogP contribution in [0.2, 0.25) is 0 Å². The topological polar surface area (TPSA) is 71.7 Å². The molecule has 1 saturated heterocycles. The molecule has 18 heavy (non-hydrogen) atoms. The number of rotatable bonds is 6. The molecule has 2 N–H and O–H groups in total. The minimum Gasteiger partial charge on any atom is -0.475 e. The third-order valence-corrected chi connectivity index (χ3v) is 3.13. The van der Waals surface area contributed by atoms with Crippen LogP contribution < -0.4 is 5.32 Å². The number of furan rings is 1. The van der Waals surface area contributed by atoms with E-state index >= 15 is 0 Å². The van der Waals surface area contributed by atoms with Gasteiger partial charge in [0.25, 0.3) is 0 Å². The van der Waals surface area contributed by atoms with Gasteiger partial charge < -0.3 is 19.6 Å². The molecule has 0 saturated carbocycles. The van der Waals surface area contributed by atoms with Gasteiger partial charge in [0.1, 0.15) is 5.76 Å². The van der Waals surface area contributed by atoms with Gasteiger partial charge in [0.2, 0.25) is 5.76 Å². The van der Waals surface area contributed by atoms with E-state index in [2.05, 4.69) is 5.32 Å². The van der Waals surface area contributed by atoms with Crippen LogP contribution in [0.4, 0.5) is 0 Å². The maximum absolute atomic E-state index is 10.8. The quantitative estimate of drug-likeness (QED) is 0.758. The van der Waals surface area contributed by atoms with E-state index in [1.165, 1.54) is 0 Å². The maximum Gasteiger partial charge on any atom is 0.372 e. The van der Waals surface area contributed by atoms with E-state index in [1.54, 1.807) is 13.0 Å². The first-order valence-corrected chi connectivity index (χ1v) is 6.31. The van der Waals surface area contributed by atoms with Gasteiger partial charge in [-0.2, -0.15) is 0 Å². The summed E-state index contributed by atoms with van der Waals surface area (Å²) in [5.74, 6) is -0.318. The lowest BCUT2D eigenvalue weighted by Crippen LogP contribution is -2.19. The monoisotopic (exact) mass is 253 g/mol. The van der Waals surface area contributed by atoms with Crippen LogP contribution in [0.3, 0.4) is 0 Å². The maximum atomic E-state index is 10.8. The molecule has 1 aromatic rings. The third kappa shape index (κ3) is 3.34. The van der Waals surface area contributed by atoms with Gasteiger partial charge in [-0.1, -0.05) is 0 Å². The summed E-state index contributed by atoms with van der Waals surface area (Å²) in [5.41, 5.74) is 0.665. The summed E-state index contributed by atoms with van der Waals surface area (Å²) >= 11 is 0. The Morgan fingerprint density at radius 1 is 1.61 bits per heavy atom. The highest BCUT2D eigenvalue weighted by Gasteiger charge is 2.16. The Labute approximate surface area is 106 Å². The van der Waals surface area contributed by atoms with E-state index in [1.807, 2.05) is 0 Å². The fourth-order valence-electron chi connectivity index (χ4n) is 2.19. The van der Waals surface area contributed by atoms with Crippen molar-refractivity contribution in [3.05, 3.63) is 23.2 Å². The molecular formula is C13H19NO4. The number of aryl methyl sites for hydroxylation is 1. The van der Waals surface area contributed by atoms with Crippen molar-refractivity contribution in [2.45, 2.75) is 38.8 Å². The molecule has 0 aliphatic carbocycles. The molecular weight excluding hydrogens is 234 g/mol. The average molecular weight is 253 g/mol. The molecule has 1 fully saturated rings. The minimum absolute atomic E-state index is 0.0333. The zero-order valence-corrected chi connectivity index (χ0v) is 10.6. The molecule has 1 aromatic heterocycles. The van der Waals surface area contributed by atoms with E-state index in [9.17, 15) is 4.79 Å². The Bertz CT molecular complexity index is 407. The number of hydrogen-bond acceptors (Lipinski definition) is 4.